The van der Waals surface area contributed by atoms with E-state index < -0.39 is 11.9 Å². The number of hydrogen-bond acceptors (Lipinski definition) is 8. The van der Waals surface area contributed by atoms with E-state index in [2.05, 4.69) is 4.99 Å². The summed E-state index contributed by atoms with van der Waals surface area (Å²) in [6.07, 6.45) is 1.67. The lowest BCUT2D eigenvalue weighted by molar-refractivity contribution is -0.122. The zero-order valence-electron chi connectivity index (χ0n) is 20.0. The Balaban J connectivity index is 1.58. The van der Waals surface area contributed by atoms with Crippen LogP contribution in [0.5, 0.6) is 0 Å². The lowest BCUT2D eigenvalue weighted by atomic mass is 10.1. The highest BCUT2D eigenvalue weighted by Crippen LogP contribution is 2.35. The third-order valence-electron chi connectivity index (χ3n) is 5.25. The van der Waals surface area contributed by atoms with Crippen molar-refractivity contribution in [3.8, 4) is 11.3 Å². The first kappa shape index (κ1) is 25.0. The van der Waals surface area contributed by atoms with Gasteiger partial charge >= 0.3 is 11.9 Å². The van der Waals surface area contributed by atoms with Crippen LogP contribution in [-0.4, -0.2) is 48.2 Å². The molecule has 0 saturated carbocycles. The van der Waals surface area contributed by atoms with E-state index in [1.165, 1.54) is 18.9 Å². The molecule has 1 amide bonds. The Kier molecular flexibility index (Phi) is 7.70. The molecule has 1 saturated heterocycles. The first-order chi connectivity index (χ1) is 17.4. The SMILES string of the molecule is CCOC(=O)c1cccc(N=C2SC(=Cc3ccc(-c4cccc(C(=O)OC)c4)o3)C(=O)N2CC)c1. The average Bonchev–Trinajstić information content (AvgIpc) is 3.48. The number of carbonyl (C=O) groups is 3. The van der Waals surface area contributed by atoms with Crippen molar-refractivity contribution in [1.29, 1.82) is 0 Å². The van der Waals surface area contributed by atoms with Crippen LogP contribution >= 0.6 is 11.8 Å². The van der Waals surface area contributed by atoms with Gasteiger partial charge in [0.2, 0.25) is 0 Å². The highest BCUT2D eigenvalue weighted by atomic mass is 32.2. The molecule has 9 heteroatoms. The molecule has 0 spiro atoms. The van der Waals surface area contributed by atoms with Gasteiger partial charge in [0.1, 0.15) is 11.5 Å². The Labute approximate surface area is 212 Å². The third-order valence-corrected chi connectivity index (χ3v) is 6.26. The largest absolute Gasteiger partial charge is 0.465 e. The van der Waals surface area contributed by atoms with E-state index in [-0.39, 0.29) is 12.5 Å². The first-order valence-electron chi connectivity index (χ1n) is 11.3. The van der Waals surface area contributed by atoms with Crippen LogP contribution in [0.1, 0.15) is 40.3 Å². The number of rotatable bonds is 7. The van der Waals surface area contributed by atoms with Crippen LogP contribution in [0.3, 0.4) is 0 Å². The Hall–Kier alpha value is -4.11. The average molecular weight is 505 g/mol. The lowest BCUT2D eigenvalue weighted by Gasteiger charge is -2.12. The van der Waals surface area contributed by atoms with Crippen LogP contribution in [-0.2, 0) is 14.3 Å². The van der Waals surface area contributed by atoms with Gasteiger partial charge in [-0.3, -0.25) is 9.69 Å². The predicted octanol–water partition coefficient (Wildman–Crippen LogP) is 5.53. The molecule has 184 valence electrons. The zero-order valence-corrected chi connectivity index (χ0v) is 20.8. The first-order valence-corrected chi connectivity index (χ1v) is 12.1. The molecule has 2 heterocycles. The van der Waals surface area contributed by atoms with Gasteiger partial charge in [0.15, 0.2) is 5.17 Å². The van der Waals surface area contributed by atoms with E-state index in [1.807, 2.05) is 13.0 Å². The molecule has 0 atom stereocenters. The number of hydrogen-bond donors (Lipinski definition) is 0. The minimum Gasteiger partial charge on any atom is -0.465 e. The molecular formula is C27H24N2O6S. The highest BCUT2D eigenvalue weighted by molar-refractivity contribution is 8.18. The summed E-state index contributed by atoms with van der Waals surface area (Å²) in [5.74, 6) is 0.00535. The van der Waals surface area contributed by atoms with Gasteiger partial charge in [0, 0.05) is 18.2 Å². The van der Waals surface area contributed by atoms with Gasteiger partial charge in [0.05, 0.1) is 35.4 Å². The molecule has 0 bridgehead atoms. The predicted molar refractivity (Wildman–Crippen MR) is 138 cm³/mol. The Morgan fingerprint density at radius 1 is 1.03 bits per heavy atom. The lowest BCUT2D eigenvalue weighted by Crippen LogP contribution is -2.28. The van der Waals surface area contributed by atoms with E-state index in [0.717, 1.165) is 0 Å². The monoisotopic (exact) mass is 504 g/mol. The second kappa shape index (κ2) is 11.1. The summed E-state index contributed by atoms with van der Waals surface area (Å²) < 4.78 is 15.8. The van der Waals surface area contributed by atoms with Gasteiger partial charge in [0.25, 0.3) is 5.91 Å². The van der Waals surface area contributed by atoms with Crippen molar-refractivity contribution in [2.45, 2.75) is 13.8 Å². The molecule has 36 heavy (non-hydrogen) atoms. The fourth-order valence-electron chi connectivity index (χ4n) is 3.53. The second-order valence-electron chi connectivity index (χ2n) is 7.60. The maximum atomic E-state index is 13.0. The number of nitrogens with zero attached hydrogens (tertiary/aromatic N) is 2. The van der Waals surface area contributed by atoms with Gasteiger partial charge in [-0.1, -0.05) is 18.2 Å². The van der Waals surface area contributed by atoms with Crippen LogP contribution in [0.25, 0.3) is 17.4 Å². The number of benzene rings is 2. The quantitative estimate of drug-likeness (QED) is 0.308. The number of thioether (sulfide) groups is 1. The molecule has 0 unspecified atom stereocenters. The summed E-state index contributed by atoms with van der Waals surface area (Å²) in [5, 5.41) is 0.507. The molecule has 0 aliphatic carbocycles. The molecule has 0 N–H and O–H groups in total. The van der Waals surface area contributed by atoms with Crippen LogP contribution in [0.15, 0.2) is 75.0 Å². The van der Waals surface area contributed by atoms with Crippen molar-refractivity contribution in [1.82, 2.24) is 4.90 Å². The molecule has 1 fully saturated rings. The summed E-state index contributed by atoms with van der Waals surface area (Å²) in [6.45, 7) is 4.33. The summed E-state index contributed by atoms with van der Waals surface area (Å²) >= 11 is 1.23. The Morgan fingerprint density at radius 3 is 2.50 bits per heavy atom. The van der Waals surface area contributed by atoms with Gasteiger partial charge in [-0.15, -0.1) is 0 Å². The molecule has 1 aliphatic rings. The number of furan rings is 1. The fraction of sp³-hybridized carbons (Fsp3) is 0.185. The number of amides is 1. The molecule has 1 aliphatic heterocycles. The topological polar surface area (TPSA) is 98.4 Å². The van der Waals surface area contributed by atoms with Crippen LogP contribution < -0.4 is 0 Å². The fourth-order valence-corrected chi connectivity index (χ4v) is 4.57. The zero-order chi connectivity index (χ0) is 25.7. The van der Waals surface area contributed by atoms with Crippen molar-refractivity contribution in [2.75, 3.05) is 20.3 Å². The molecule has 0 radical (unpaired) electrons. The maximum absolute atomic E-state index is 13.0. The number of amidine groups is 1. The standard InChI is InChI=1S/C27H24N2O6S/c1-4-29-24(30)23(36-27(29)28-20-11-7-10-19(15-20)26(32)34-5-2)16-21-12-13-22(35-21)17-8-6-9-18(14-17)25(31)33-3/h6-16H,4-5H2,1-3H3. The van der Waals surface area contributed by atoms with Crippen molar-refractivity contribution >= 4 is 46.5 Å². The molecule has 4 rings (SSSR count). The van der Waals surface area contributed by atoms with Crippen LogP contribution in [0.2, 0.25) is 0 Å². The van der Waals surface area contributed by atoms with Crippen LogP contribution in [0.4, 0.5) is 5.69 Å². The summed E-state index contributed by atoms with van der Waals surface area (Å²) in [7, 11) is 1.33. The summed E-state index contributed by atoms with van der Waals surface area (Å²) in [5.41, 5.74) is 2.07. The molecule has 2 aromatic carbocycles. The van der Waals surface area contributed by atoms with Crippen LogP contribution in [0, 0.1) is 0 Å². The Morgan fingerprint density at radius 2 is 1.78 bits per heavy atom. The van der Waals surface area contributed by atoms with E-state index in [4.69, 9.17) is 13.9 Å². The van der Waals surface area contributed by atoms with Gasteiger partial charge in [-0.25, -0.2) is 14.6 Å². The van der Waals surface area contributed by atoms with E-state index in [9.17, 15) is 14.4 Å². The third kappa shape index (κ3) is 5.41. The number of likely N-dealkylation sites (N-methyl/N-ethyl adjacent to an activating group) is 1. The minimum absolute atomic E-state index is 0.187. The van der Waals surface area contributed by atoms with E-state index in [1.54, 1.807) is 72.5 Å². The number of methoxy groups -OCH3 is 1. The smallest absolute Gasteiger partial charge is 0.338 e. The number of carbonyl (C=O) groups excluding carboxylic acids is 3. The van der Waals surface area contributed by atoms with E-state index >= 15 is 0 Å². The molecular weight excluding hydrogens is 480 g/mol. The summed E-state index contributed by atoms with van der Waals surface area (Å²) in [4.78, 5) is 43.5. The number of ether oxygens (including phenoxy) is 2. The Bertz CT molecular complexity index is 1370. The van der Waals surface area contributed by atoms with Crippen molar-refractivity contribution in [2.24, 2.45) is 4.99 Å². The molecule has 3 aromatic rings. The van der Waals surface area contributed by atoms with Gasteiger partial charge in [-0.2, -0.15) is 0 Å². The summed E-state index contributed by atoms with van der Waals surface area (Å²) in [6, 6.07) is 17.2. The second-order valence-corrected chi connectivity index (χ2v) is 8.61. The highest BCUT2D eigenvalue weighted by Gasteiger charge is 2.32. The van der Waals surface area contributed by atoms with Gasteiger partial charge in [-0.05, 0) is 68.1 Å². The van der Waals surface area contributed by atoms with Crippen molar-refractivity contribution < 1.29 is 28.3 Å². The van der Waals surface area contributed by atoms with E-state index in [0.29, 0.717) is 50.5 Å². The van der Waals surface area contributed by atoms with Crippen molar-refractivity contribution in [3.63, 3.8) is 0 Å². The van der Waals surface area contributed by atoms with Crippen molar-refractivity contribution in [3.05, 3.63) is 82.5 Å². The molecule has 1 aromatic heterocycles. The minimum atomic E-state index is -0.432. The maximum Gasteiger partial charge on any atom is 0.338 e. The molecule has 8 nitrogen and oxygen atoms in total. The van der Waals surface area contributed by atoms with Gasteiger partial charge < -0.3 is 13.9 Å². The number of esters is 2. The normalized spacial score (nSPS) is 15.5. The number of aliphatic imine (C=N–C) groups is 1.